The fraction of sp³-hybridized carbons (Fsp3) is 0.619. The van der Waals surface area contributed by atoms with E-state index in [0.717, 1.165) is 21.6 Å². The van der Waals surface area contributed by atoms with Crippen molar-refractivity contribution in [1.82, 2.24) is 42.4 Å². The molecule has 2 fully saturated rings. The number of nitrogens with two attached hydrogens (primary N) is 3. The Morgan fingerprint density at radius 2 is 1.59 bits per heavy atom. The van der Waals surface area contributed by atoms with Crippen LogP contribution in [0.4, 0.5) is 0 Å². The van der Waals surface area contributed by atoms with Gasteiger partial charge < -0.3 is 63.3 Å². The number of carbonyl (C=O) groups is 10. The summed E-state index contributed by atoms with van der Waals surface area (Å²) in [5.41, 5.74) is 21.8. The number of hydrogen-bond donors (Lipinski definition) is 12. The largest absolute Gasteiger partial charge is 0.508 e. The molecule has 0 saturated carbocycles. The van der Waals surface area contributed by atoms with Gasteiger partial charge in [0, 0.05) is 24.5 Å². The maximum atomic E-state index is 14.2. The molecule has 25 nitrogen and oxygen atoms in total. The molecule has 2 aliphatic rings. The van der Waals surface area contributed by atoms with Crippen LogP contribution in [0.15, 0.2) is 24.3 Å². The smallest absolute Gasteiger partial charge is 0.348 e. The lowest BCUT2D eigenvalue weighted by Gasteiger charge is -2.30. The summed E-state index contributed by atoms with van der Waals surface area (Å²) in [6.45, 7) is 6.59. The first-order valence-corrected chi connectivity index (χ1v) is 24.8. The number of nitrogens with zero attached hydrogens (tertiary/aromatic N) is 1. The van der Waals surface area contributed by atoms with Crippen LogP contribution in [0.1, 0.15) is 78.2 Å². The van der Waals surface area contributed by atoms with E-state index >= 15 is 0 Å². The molecule has 2 heterocycles. The Morgan fingerprint density at radius 1 is 0.913 bits per heavy atom. The Bertz CT molecular complexity index is 1980. The van der Waals surface area contributed by atoms with Crippen LogP contribution in [-0.4, -0.2) is 147 Å². The zero-order valence-corrected chi connectivity index (χ0v) is 40.5. The predicted molar refractivity (Wildman–Crippen MR) is 250 cm³/mol. The third kappa shape index (κ3) is 19.7. The normalized spacial score (nSPS) is 25.9. The summed E-state index contributed by atoms with van der Waals surface area (Å²) in [5.74, 6) is -10.00. The first kappa shape index (κ1) is 57.6. The molecule has 1 aromatic rings. The Kier molecular flexibility index (Phi) is 23.9. The van der Waals surface area contributed by atoms with Gasteiger partial charge in [0.15, 0.2) is 0 Å². The number of benzene rings is 1. The van der Waals surface area contributed by atoms with Crippen molar-refractivity contribution < 1.29 is 67.8 Å². The molecule has 69 heavy (non-hydrogen) atoms. The average Bonchev–Trinajstić information content (AvgIpc) is 3.80. The first-order chi connectivity index (χ1) is 32.6. The highest BCUT2D eigenvalue weighted by molar-refractivity contribution is 8.76. The molecule has 7 amide bonds. The van der Waals surface area contributed by atoms with E-state index in [4.69, 9.17) is 26.9 Å². The predicted octanol–water partition coefficient (Wildman–Crippen LogP) is -2.72. The number of nitrogens with one attached hydrogen (secondary N) is 7. The molecule has 0 bridgehead atoms. The summed E-state index contributed by atoms with van der Waals surface area (Å²) in [4.78, 5) is 142. The fourth-order valence-corrected chi connectivity index (χ4v) is 9.16. The molecule has 2 saturated heterocycles. The Balaban J connectivity index is 1.95. The summed E-state index contributed by atoms with van der Waals surface area (Å²) in [7, 11) is 1.89. The number of carbonyl (C=O) groups excluding carboxylic acids is 9. The molecule has 0 radical (unpaired) electrons. The molecule has 0 aromatic heterocycles. The van der Waals surface area contributed by atoms with Crippen LogP contribution < -0.4 is 54.7 Å². The zero-order chi connectivity index (χ0) is 51.4. The van der Waals surface area contributed by atoms with Gasteiger partial charge in [-0.2, -0.15) is 5.48 Å². The van der Waals surface area contributed by atoms with E-state index in [-0.39, 0.29) is 67.7 Å². The van der Waals surface area contributed by atoms with Crippen molar-refractivity contribution in [3.63, 3.8) is 0 Å². The van der Waals surface area contributed by atoms with Crippen LogP contribution in [0.25, 0.3) is 0 Å². The van der Waals surface area contributed by atoms with Gasteiger partial charge in [-0.05, 0) is 61.6 Å². The van der Waals surface area contributed by atoms with Gasteiger partial charge in [-0.25, -0.2) is 9.59 Å². The molecule has 0 aliphatic carbocycles. The summed E-state index contributed by atoms with van der Waals surface area (Å²) < 4.78 is 0. The molecule has 3 rings (SSSR count). The quantitative estimate of drug-likeness (QED) is 0.100. The van der Waals surface area contributed by atoms with Gasteiger partial charge in [-0.1, -0.05) is 67.8 Å². The second-order valence-electron chi connectivity index (χ2n) is 17.0. The third-order valence-corrected chi connectivity index (χ3v) is 13.4. The minimum atomic E-state index is -1.52. The number of fused-ring (bicyclic) bond motifs is 1. The SMILES string of the molecule is CCC(C)[C@H]1NC(=O)CC[C@H](N)C(=O)ONC(=O)CNC(=O)[C@H](CC(C)C)NC(=O)[C@@H]2CCCN2C(=O)[C@@H](NC(=O)[C@@H](N)CC(N)=O)CSSC[C@@H](C(=O)O)NOC(=O)[C@H](Cc2ccc(O)cc2)N1. The van der Waals surface area contributed by atoms with Crippen molar-refractivity contribution in [3.05, 3.63) is 29.8 Å². The van der Waals surface area contributed by atoms with Gasteiger partial charge in [0.05, 0.1) is 25.2 Å². The summed E-state index contributed by atoms with van der Waals surface area (Å²) >= 11 is 0. The van der Waals surface area contributed by atoms with E-state index < -0.39 is 121 Å². The number of hydrogen-bond acceptors (Lipinski definition) is 19. The van der Waals surface area contributed by atoms with Crippen molar-refractivity contribution in [1.29, 1.82) is 0 Å². The number of rotatable bonds is 11. The number of carboxylic acids is 1. The number of primary amides is 1. The number of phenols is 1. The van der Waals surface area contributed by atoms with Crippen LogP contribution in [0.2, 0.25) is 0 Å². The highest BCUT2D eigenvalue weighted by atomic mass is 33.1. The average molecular weight is 1010 g/mol. The zero-order valence-electron chi connectivity index (χ0n) is 38.9. The maximum absolute atomic E-state index is 14.2. The number of aromatic hydroxyl groups is 1. The van der Waals surface area contributed by atoms with Gasteiger partial charge in [-0.3, -0.25) is 43.7 Å². The minimum absolute atomic E-state index is 0.0394. The number of phenolic OH excluding ortho intramolecular Hbond substituents is 1. The summed E-state index contributed by atoms with van der Waals surface area (Å²) in [6.07, 6.45) is -0.880. The maximum Gasteiger partial charge on any atom is 0.348 e. The molecule has 9 atom stereocenters. The van der Waals surface area contributed by atoms with E-state index in [0.29, 0.717) is 18.4 Å². The standard InChI is InChI=1S/C42H65N11O14S2/c1-5-22(4)35-47-28(16-23-8-10-24(54)11-9-23)42(65)67-51-30(40(62)63)20-69-68-19-29(49-36(58)26(44)17-32(45)55)39(61)53-14-6-7-31(53)38(60)48-27(15-21(2)3)37(59)46-18-34(57)52-66-41(64)25(43)12-13-33(56)50-35/h8-11,21-22,25-31,35,47,51,54H,5-7,12-20,43-44H2,1-4H3,(H2,45,55)(H,46,59)(H,48,60)(H,49,58)(H,50,56)(H,52,57)(H,62,63)/t22?,25-,26-,27-,28-,29-,30-,31-,35+/m0/s1. The van der Waals surface area contributed by atoms with Crippen LogP contribution in [0, 0.1) is 11.8 Å². The molecule has 1 aromatic carbocycles. The van der Waals surface area contributed by atoms with Gasteiger partial charge in [-0.15, -0.1) is 5.48 Å². The van der Waals surface area contributed by atoms with Crippen molar-refractivity contribution >= 4 is 80.8 Å². The second-order valence-corrected chi connectivity index (χ2v) is 19.6. The van der Waals surface area contributed by atoms with Crippen LogP contribution in [-0.2, 0) is 64.0 Å². The minimum Gasteiger partial charge on any atom is -0.508 e. The number of carboxylic acid groups (broad SMARTS) is 1. The van der Waals surface area contributed by atoms with E-state index in [1.54, 1.807) is 32.9 Å². The summed E-state index contributed by atoms with van der Waals surface area (Å²) in [5, 5.41) is 33.3. The van der Waals surface area contributed by atoms with Crippen LogP contribution >= 0.6 is 21.6 Å². The molecule has 384 valence electrons. The van der Waals surface area contributed by atoms with E-state index in [1.807, 2.05) is 12.4 Å². The Hall–Kier alpha value is -5.74. The molecule has 1 unspecified atom stereocenters. The van der Waals surface area contributed by atoms with Crippen LogP contribution in [0.5, 0.6) is 5.75 Å². The molecule has 0 spiro atoms. The molecular weight excluding hydrogens is 947 g/mol. The number of amides is 7. The van der Waals surface area contributed by atoms with Gasteiger partial charge in [0.1, 0.15) is 42.0 Å². The molecule has 2 aliphatic heterocycles. The van der Waals surface area contributed by atoms with Crippen molar-refractivity contribution in [2.24, 2.45) is 29.0 Å². The Morgan fingerprint density at radius 3 is 2.23 bits per heavy atom. The highest BCUT2D eigenvalue weighted by Gasteiger charge is 2.40. The monoisotopic (exact) mass is 1010 g/mol. The number of aliphatic carboxylic acids is 1. The molecule has 15 N–H and O–H groups in total. The summed E-state index contributed by atoms with van der Waals surface area (Å²) in [6, 6.07) is -3.34. The van der Waals surface area contributed by atoms with Gasteiger partial charge >= 0.3 is 17.9 Å². The van der Waals surface area contributed by atoms with Crippen molar-refractivity contribution in [2.75, 3.05) is 24.6 Å². The molecule has 27 heteroatoms. The molecular formula is C42H65N11O14S2. The van der Waals surface area contributed by atoms with E-state index in [1.165, 1.54) is 17.0 Å². The second kappa shape index (κ2) is 28.7. The van der Waals surface area contributed by atoms with E-state index in [2.05, 4.69) is 32.1 Å². The van der Waals surface area contributed by atoms with E-state index in [9.17, 15) is 58.2 Å². The van der Waals surface area contributed by atoms with Gasteiger partial charge in [0.25, 0.3) is 5.91 Å². The third-order valence-electron chi connectivity index (χ3n) is 10.9. The highest BCUT2D eigenvalue weighted by Crippen LogP contribution is 2.26. The van der Waals surface area contributed by atoms with Crippen LogP contribution in [0.3, 0.4) is 0 Å². The van der Waals surface area contributed by atoms with Crippen molar-refractivity contribution in [2.45, 2.75) is 128 Å². The first-order valence-electron chi connectivity index (χ1n) is 22.3. The lowest BCUT2D eigenvalue weighted by molar-refractivity contribution is -0.160. The lowest BCUT2D eigenvalue weighted by atomic mass is 10.0. The lowest BCUT2D eigenvalue weighted by Crippen LogP contribution is -2.58. The topological polar surface area (TPSA) is 395 Å². The number of hydroxylamine groups is 2. The van der Waals surface area contributed by atoms with Gasteiger partial charge in [0.2, 0.25) is 35.4 Å². The van der Waals surface area contributed by atoms with Crippen molar-refractivity contribution in [3.8, 4) is 5.75 Å². The fourth-order valence-electron chi connectivity index (χ4n) is 6.86. The Labute approximate surface area is 406 Å².